The molecule has 0 radical (unpaired) electrons. The van der Waals surface area contributed by atoms with E-state index >= 15 is 0 Å². The normalized spacial score (nSPS) is 26.7. The molecular formula is C21H22O9. The summed E-state index contributed by atoms with van der Waals surface area (Å²) in [6.07, 6.45) is -5.67. The Hall–Kier alpha value is -2.82. The van der Waals surface area contributed by atoms with E-state index in [2.05, 4.69) is 0 Å². The van der Waals surface area contributed by atoms with E-state index < -0.39 is 37.3 Å². The topological polar surface area (TPSA) is 142 Å². The number of furan rings is 1. The molecule has 1 aromatic heterocycles. The number of methoxy groups -OCH3 is 1. The second-order valence-electron chi connectivity index (χ2n) is 7.07. The van der Waals surface area contributed by atoms with Gasteiger partial charge in [-0.25, -0.2) is 0 Å². The molecule has 9 nitrogen and oxygen atoms in total. The third-order valence-corrected chi connectivity index (χ3v) is 5.02. The molecule has 0 amide bonds. The number of phenols is 2. The highest BCUT2D eigenvalue weighted by atomic mass is 16.7. The van der Waals surface area contributed by atoms with Crippen LogP contribution in [0.25, 0.3) is 22.3 Å². The largest absolute Gasteiger partial charge is 0.508 e. The summed E-state index contributed by atoms with van der Waals surface area (Å²) < 4.78 is 22.1. The number of fused-ring (bicyclic) bond motifs is 1. The molecule has 2 aromatic carbocycles. The Bertz CT molecular complexity index is 1010. The van der Waals surface area contributed by atoms with Gasteiger partial charge in [-0.3, -0.25) is 0 Å². The lowest BCUT2D eigenvalue weighted by atomic mass is 9.99. The number of aromatic hydroxyl groups is 2. The minimum atomic E-state index is -1.39. The van der Waals surface area contributed by atoms with Crippen molar-refractivity contribution in [3.63, 3.8) is 0 Å². The van der Waals surface area contributed by atoms with Crippen molar-refractivity contribution < 1.29 is 44.2 Å². The van der Waals surface area contributed by atoms with Crippen LogP contribution < -0.4 is 4.74 Å². The predicted octanol–water partition coefficient (Wildman–Crippen LogP) is 1.34. The minimum Gasteiger partial charge on any atom is -0.508 e. The molecule has 1 aliphatic rings. The van der Waals surface area contributed by atoms with Gasteiger partial charge in [-0.1, -0.05) is 0 Å². The molecule has 0 unspecified atom stereocenters. The van der Waals surface area contributed by atoms with Gasteiger partial charge in [0.25, 0.3) is 0 Å². The average Bonchev–Trinajstić information content (AvgIpc) is 3.14. The summed E-state index contributed by atoms with van der Waals surface area (Å²) in [7, 11) is 1.35. The number of hydrogen-bond acceptors (Lipinski definition) is 9. The summed E-state index contributed by atoms with van der Waals surface area (Å²) in [5.74, 6) is 0.556. The summed E-state index contributed by atoms with van der Waals surface area (Å²) >= 11 is 0. The maximum absolute atomic E-state index is 10.3. The Labute approximate surface area is 171 Å². The lowest BCUT2D eigenvalue weighted by molar-refractivity contribution is -0.281. The van der Waals surface area contributed by atoms with Crippen LogP contribution in [-0.2, 0) is 9.47 Å². The van der Waals surface area contributed by atoms with Crippen molar-refractivity contribution >= 4 is 11.0 Å². The van der Waals surface area contributed by atoms with Gasteiger partial charge in [0, 0.05) is 30.2 Å². The smallest absolute Gasteiger partial charge is 0.229 e. The maximum Gasteiger partial charge on any atom is 0.229 e. The van der Waals surface area contributed by atoms with Crippen LogP contribution in [0.5, 0.6) is 17.2 Å². The molecule has 0 bridgehead atoms. The van der Waals surface area contributed by atoms with Crippen molar-refractivity contribution in [2.75, 3.05) is 13.7 Å². The van der Waals surface area contributed by atoms with E-state index in [0.29, 0.717) is 22.7 Å². The zero-order chi connectivity index (χ0) is 21.4. The number of hydrogen-bond donors (Lipinski definition) is 5. The first-order valence-electron chi connectivity index (χ1n) is 9.28. The Morgan fingerprint density at radius 2 is 1.70 bits per heavy atom. The van der Waals surface area contributed by atoms with Crippen molar-refractivity contribution in [1.29, 1.82) is 0 Å². The molecule has 4 rings (SSSR count). The molecule has 5 N–H and O–H groups in total. The van der Waals surface area contributed by atoms with E-state index in [1.54, 1.807) is 24.3 Å². The molecule has 9 heteroatoms. The molecule has 30 heavy (non-hydrogen) atoms. The van der Waals surface area contributed by atoms with Crippen molar-refractivity contribution in [3.05, 3.63) is 42.5 Å². The highest BCUT2D eigenvalue weighted by molar-refractivity contribution is 5.84. The van der Waals surface area contributed by atoms with Crippen molar-refractivity contribution in [2.45, 2.75) is 30.7 Å². The molecule has 2 heterocycles. The molecule has 0 aliphatic carbocycles. The molecule has 0 saturated carbocycles. The van der Waals surface area contributed by atoms with Crippen LogP contribution in [0.1, 0.15) is 0 Å². The molecular weight excluding hydrogens is 396 g/mol. The molecule has 1 aliphatic heterocycles. The van der Waals surface area contributed by atoms with E-state index in [1.807, 2.05) is 0 Å². The van der Waals surface area contributed by atoms with Gasteiger partial charge in [0.1, 0.15) is 53.0 Å². The Morgan fingerprint density at radius 3 is 2.37 bits per heavy atom. The number of aliphatic hydroxyl groups is 3. The minimum absolute atomic E-state index is 0.0933. The zero-order valence-corrected chi connectivity index (χ0v) is 16.0. The van der Waals surface area contributed by atoms with Gasteiger partial charge in [-0.15, -0.1) is 0 Å². The molecule has 1 fully saturated rings. The Morgan fingerprint density at radius 1 is 0.967 bits per heavy atom. The van der Waals surface area contributed by atoms with Gasteiger partial charge in [0.2, 0.25) is 6.29 Å². The van der Waals surface area contributed by atoms with Gasteiger partial charge in [0.15, 0.2) is 0 Å². The van der Waals surface area contributed by atoms with Crippen molar-refractivity contribution in [1.82, 2.24) is 0 Å². The highest BCUT2D eigenvalue weighted by Gasteiger charge is 2.45. The SMILES string of the molecule is CO[C@H]1[C@H](O)[C@@H](O)[C@H](Oc2ccc3cc(-c4cc(O)cc(O)c4)oc3c2)O[C@@H]1CO. The van der Waals surface area contributed by atoms with Crippen molar-refractivity contribution in [2.24, 2.45) is 0 Å². The van der Waals surface area contributed by atoms with E-state index in [9.17, 15) is 25.5 Å². The molecule has 3 aromatic rings. The van der Waals surface area contributed by atoms with Crippen LogP contribution in [0.15, 0.2) is 46.9 Å². The van der Waals surface area contributed by atoms with E-state index in [4.69, 9.17) is 18.6 Å². The van der Waals surface area contributed by atoms with E-state index in [1.165, 1.54) is 25.3 Å². The first-order valence-corrected chi connectivity index (χ1v) is 9.28. The van der Waals surface area contributed by atoms with Gasteiger partial charge in [0.05, 0.1) is 6.61 Å². The summed E-state index contributed by atoms with van der Waals surface area (Å²) in [5.41, 5.74) is 0.960. The second-order valence-corrected chi connectivity index (χ2v) is 7.07. The second kappa shape index (κ2) is 8.13. The average molecular weight is 418 g/mol. The number of aliphatic hydroxyl groups excluding tert-OH is 3. The number of phenolic OH excluding ortho intramolecular Hbond substituents is 2. The molecule has 0 spiro atoms. The Kier molecular flexibility index (Phi) is 5.54. The zero-order valence-electron chi connectivity index (χ0n) is 16.0. The fourth-order valence-electron chi connectivity index (χ4n) is 3.54. The standard InChI is InChI=1S/C21H22O9/c1-27-20-17(9-22)30-21(19(26)18(20)25)28-14-3-2-10-6-15(29-16(10)8-14)11-4-12(23)7-13(24)5-11/h2-8,17-26H,9H2,1H3/t17-,18-,19-,20-,21-/m1/s1. The first kappa shape index (κ1) is 20.5. The number of rotatable bonds is 5. The third kappa shape index (κ3) is 3.81. The summed E-state index contributed by atoms with van der Waals surface area (Å²) in [4.78, 5) is 0. The first-order chi connectivity index (χ1) is 14.4. The fraction of sp³-hybridized carbons (Fsp3) is 0.333. The lowest BCUT2D eigenvalue weighted by Gasteiger charge is -2.41. The lowest BCUT2D eigenvalue weighted by Crippen LogP contribution is -2.60. The summed E-state index contributed by atoms with van der Waals surface area (Å²) in [6, 6.07) is 10.8. The molecule has 1 saturated heterocycles. The Balaban J connectivity index is 1.58. The van der Waals surface area contributed by atoms with E-state index in [0.717, 1.165) is 5.39 Å². The van der Waals surface area contributed by atoms with Crippen molar-refractivity contribution in [3.8, 4) is 28.6 Å². The van der Waals surface area contributed by atoms with Gasteiger partial charge >= 0.3 is 0 Å². The molecule has 160 valence electrons. The van der Waals surface area contributed by atoms with Crippen LogP contribution in [0.4, 0.5) is 0 Å². The number of benzene rings is 2. The highest BCUT2D eigenvalue weighted by Crippen LogP contribution is 2.34. The van der Waals surface area contributed by atoms with Gasteiger partial charge < -0.3 is 44.2 Å². The van der Waals surface area contributed by atoms with Crippen LogP contribution in [-0.4, -0.2) is 70.0 Å². The quantitative estimate of drug-likeness (QED) is 0.415. The van der Waals surface area contributed by atoms with Gasteiger partial charge in [-0.05, 0) is 30.3 Å². The summed E-state index contributed by atoms with van der Waals surface area (Å²) in [6.45, 7) is -0.417. The van der Waals surface area contributed by atoms with Crippen LogP contribution in [0.2, 0.25) is 0 Å². The molecule has 5 atom stereocenters. The van der Waals surface area contributed by atoms with Gasteiger partial charge in [-0.2, -0.15) is 0 Å². The van der Waals surface area contributed by atoms with Crippen LogP contribution >= 0.6 is 0 Å². The monoisotopic (exact) mass is 418 g/mol. The summed E-state index contributed by atoms with van der Waals surface area (Å²) in [5, 5.41) is 50.1. The fourth-order valence-corrected chi connectivity index (χ4v) is 3.54. The van der Waals surface area contributed by atoms with Crippen LogP contribution in [0.3, 0.4) is 0 Å². The van der Waals surface area contributed by atoms with E-state index in [-0.39, 0.29) is 11.5 Å². The van der Waals surface area contributed by atoms with Crippen LogP contribution in [0, 0.1) is 0 Å². The third-order valence-electron chi connectivity index (χ3n) is 5.02. The predicted molar refractivity (Wildman–Crippen MR) is 104 cm³/mol. The maximum atomic E-state index is 10.3. The number of ether oxygens (including phenoxy) is 3.